The van der Waals surface area contributed by atoms with Crippen molar-refractivity contribution in [1.29, 1.82) is 0 Å². The highest BCUT2D eigenvalue weighted by atomic mass is 15.2. The molecule has 0 unspecified atom stereocenters. The molecule has 0 aromatic carbocycles. The van der Waals surface area contributed by atoms with E-state index in [4.69, 9.17) is 0 Å². The SMILES string of the molecule is CCCNc1nc(NC(C)(C)CCC)c2[nH]cnc2n1. The molecule has 3 N–H and O–H groups in total. The van der Waals surface area contributed by atoms with Gasteiger partial charge in [0.1, 0.15) is 5.52 Å². The van der Waals surface area contributed by atoms with Crippen molar-refractivity contribution in [2.24, 2.45) is 0 Å². The second-order valence-corrected chi connectivity index (χ2v) is 5.68. The van der Waals surface area contributed by atoms with Crippen LogP contribution in [0, 0.1) is 0 Å². The zero-order valence-electron chi connectivity index (χ0n) is 12.7. The summed E-state index contributed by atoms with van der Waals surface area (Å²) in [5.74, 6) is 1.44. The van der Waals surface area contributed by atoms with Crippen molar-refractivity contribution >= 4 is 22.9 Å². The molecular weight excluding hydrogens is 252 g/mol. The topological polar surface area (TPSA) is 78.5 Å². The third-order valence-electron chi connectivity index (χ3n) is 3.15. The fourth-order valence-electron chi connectivity index (χ4n) is 2.25. The molecule has 0 saturated carbocycles. The van der Waals surface area contributed by atoms with E-state index in [-0.39, 0.29) is 5.54 Å². The Balaban J connectivity index is 2.32. The summed E-state index contributed by atoms with van der Waals surface area (Å²) in [5.41, 5.74) is 1.54. The van der Waals surface area contributed by atoms with Crippen LogP contribution >= 0.6 is 0 Å². The number of H-pyrrole nitrogens is 1. The second-order valence-electron chi connectivity index (χ2n) is 5.68. The highest BCUT2D eigenvalue weighted by molar-refractivity contribution is 5.84. The molecule has 6 heteroatoms. The molecule has 0 aliphatic rings. The fraction of sp³-hybridized carbons (Fsp3) is 0.643. The van der Waals surface area contributed by atoms with Crippen molar-refractivity contribution in [3.8, 4) is 0 Å². The van der Waals surface area contributed by atoms with E-state index in [0.29, 0.717) is 11.6 Å². The Labute approximate surface area is 119 Å². The number of imidazole rings is 1. The third-order valence-corrected chi connectivity index (χ3v) is 3.15. The van der Waals surface area contributed by atoms with Gasteiger partial charge in [-0.15, -0.1) is 0 Å². The van der Waals surface area contributed by atoms with Crippen LogP contribution in [-0.4, -0.2) is 32.0 Å². The summed E-state index contributed by atoms with van der Waals surface area (Å²) >= 11 is 0. The predicted molar refractivity (Wildman–Crippen MR) is 83.1 cm³/mol. The molecule has 110 valence electrons. The van der Waals surface area contributed by atoms with E-state index in [2.05, 4.69) is 58.3 Å². The maximum absolute atomic E-state index is 4.57. The quantitative estimate of drug-likeness (QED) is 0.724. The molecular formula is C14H24N6. The lowest BCUT2D eigenvalue weighted by molar-refractivity contribution is 0.509. The van der Waals surface area contributed by atoms with Gasteiger partial charge in [0.25, 0.3) is 0 Å². The Kier molecular flexibility index (Phi) is 4.42. The molecule has 2 aromatic heterocycles. The first-order valence-electron chi connectivity index (χ1n) is 7.29. The lowest BCUT2D eigenvalue weighted by atomic mass is 9.99. The molecule has 0 amide bonds. The summed E-state index contributed by atoms with van der Waals surface area (Å²) in [6.07, 6.45) is 4.88. The first-order valence-corrected chi connectivity index (χ1v) is 7.29. The van der Waals surface area contributed by atoms with Crippen molar-refractivity contribution in [1.82, 2.24) is 19.9 Å². The van der Waals surface area contributed by atoms with Crippen molar-refractivity contribution in [2.75, 3.05) is 17.2 Å². The number of rotatable bonds is 7. The number of nitrogens with zero attached hydrogens (tertiary/aromatic N) is 3. The number of aromatic amines is 1. The number of hydrogen-bond acceptors (Lipinski definition) is 5. The van der Waals surface area contributed by atoms with Gasteiger partial charge in [-0.3, -0.25) is 0 Å². The van der Waals surface area contributed by atoms with Crippen molar-refractivity contribution in [3.05, 3.63) is 6.33 Å². The number of anilines is 2. The van der Waals surface area contributed by atoms with Crippen LogP contribution in [0.25, 0.3) is 11.2 Å². The predicted octanol–water partition coefficient (Wildman–Crippen LogP) is 3.17. The Morgan fingerprint density at radius 3 is 2.70 bits per heavy atom. The zero-order chi connectivity index (χ0) is 14.6. The van der Waals surface area contributed by atoms with Crippen LogP contribution in [0.1, 0.15) is 47.0 Å². The van der Waals surface area contributed by atoms with Crippen LogP contribution in [-0.2, 0) is 0 Å². The van der Waals surface area contributed by atoms with Crippen LogP contribution in [0.3, 0.4) is 0 Å². The number of hydrogen-bond donors (Lipinski definition) is 3. The first kappa shape index (κ1) is 14.6. The molecule has 0 bridgehead atoms. The zero-order valence-corrected chi connectivity index (χ0v) is 12.7. The van der Waals surface area contributed by atoms with Crippen molar-refractivity contribution in [2.45, 2.75) is 52.5 Å². The Morgan fingerprint density at radius 2 is 2.00 bits per heavy atom. The largest absolute Gasteiger partial charge is 0.363 e. The van der Waals surface area contributed by atoms with Crippen LogP contribution in [0.4, 0.5) is 11.8 Å². The van der Waals surface area contributed by atoms with Gasteiger partial charge >= 0.3 is 0 Å². The smallest absolute Gasteiger partial charge is 0.226 e. The van der Waals surface area contributed by atoms with Gasteiger partial charge in [0.2, 0.25) is 5.95 Å². The molecule has 0 spiro atoms. The van der Waals surface area contributed by atoms with E-state index in [0.717, 1.165) is 37.1 Å². The van der Waals surface area contributed by atoms with Crippen LogP contribution in [0.15, 0.2) is 6.33 Å². The summed E-state index contributed by atoms with van der Waals surface area (Å²) in [5, 5.41) is 6.72. The van der Waals surface area contributed by atoms with Crippen molar-refractivity contribution < 1.29 is 0 Å². The van der Waals surface area contributed by atoms with Gasteiger partial charge < -0.3 is 15.6 Å². The van der Waals surface area contributed by atoms with E-state index in [1.807, 2.05) is 0 Å². The average Bonchev–Trinajstić information content (AvgIpc) is 2.84. The standard InChI is InChI=1S/C14H24N6/c1-5-7-14(3,4)20-12-10-11(17-9-16-10)18-13(19-12)15-8-6-2/h9H,5-8H2,1-4H3,(H3,15,16,17,18,19,20). The summed E-state index contributed by atoms with van der Waals surface area (Å²) in [4.78, 5) is 16.3. The maximum Gasteiger partial charge on any atom is 0.226 e. The number of nitrogens with one attached hydrogen (secondary N) is 3. The van der Waals surface area contributed by atoms with Gasteiger partial charge in [0.15, 0.2) is 11.5 Å². The third kappa shape index (κ3) is 3.37. The van der Waals surface area contributed by atoms with Gasteiger partial charge in [-0.1, -0.05) is 20.3 Å². The lowest BCUT2D eigenvalue weighted by Gasteiger charge is -2.26. The van der Waals surface area contributed by atoms with Gasteiger partial charge in [-0.2, -0.15) is 9.97 Å². The van der Waals surface area contributed by atoms with Crippen LogP contribution < -0.4 is 10.6 Å². The Hall–Kier alpha value is -1.85. The van der Waals surface area contributed by atoms with Gasteiger partial charge in [0.05, 0.1) is 6.33 Å². The van der Waals surface area contributed by atoms with Crippen LogP contribution in [0.2, 0.25) is 0 Å². The van der Waals surface area contributed by atoms with E-state index in [1.165, 1.54) is 0 Å². The highest BCUT2D eigenvalue weighted by Crippen LogP contribution is 2.24. The average molecular weight is 276 g/mol. The Bertz CT molecular complexity index is 560. The molecule has 0 fully saturated rings. The number of fused-ring (bicyclic) bond motifs is 1. The van der Waals surface area contributed by atoms with E-state index in [1.54, 1.807) is 6.33 Å². The molecule has 2 heterocycles. The molecule has 6 nitrogen and oxygen atoms in total. The molecule has 20 heavy (non-hydrogen) atoms. The minimum absolute atomic E-state index is 0.0107. The fourth-order valence-corrected chi connectivity index (χ4v) is 2.25. The summed E-state index contributed by atoms with van der Waals surface area (Å²) in [7, 11) is 0. The Morgan fingerprint density at radius 1 is 1.20 bits per heavy atom. The lowest BCUT2D eigenvalue weighted by Crippen LogP contribution is -2.31. The maximum atomic E-state index is 4.57. The van der Waals surface area contributed by atoms with E-state index < -0.39 is 0 Å². The van der Waals surface area contributed by atoms with Crippen LogP contribution in [0.5, 0.6) is 0 Å². The molecule has 2 rings (SSSR count). The molecule has 0 aliphatic heterocycles. The minimum atomic E-state index is -0.0107. The highest BCUT2D eigenvalue weighted by Gasteiger charge is 2.19. The summed E-state index contributed by atoms with van der Waals surface area (Å²) < 4.78 is 0. The number of aromatic nitrogens is 4. The normalized spacial score (nSPS) is 11.8. The molecule has 0 atom stereocenters. The molecule has 0 radical (unpaired) electrons. The molecule has 0 aliphatic carbocycles. The van der Waals surface area contributed by atoms with Gasteiger partial charge in [-0.25, -0.2) is 4.98 Å². The van der Waals surface area contributed by atoms with Gasteiger partial charge in [-0.05, 0) is 26.7 Å². The first-order chi connectivity index (χ1) is 9.55. The summed E-state index contributed by atoms with van der Waals surface area (Å²) in [6.45, 7) is 9.51. The van der Waals surface area contributed by atoms with Gasteiger partial charge in [0, 0.05) is 12.1 Å². The molecule has 2 aromatic rings. The second kappa shape index (κ2) is 6.07. The summed E-state index contributed by atoms with van der Waals surface area (Å²) in [6, 6.07) is 0. The minimum Gasteiger partial charge on any atom is -0.363 e. The van der Waals surface area contributed by atoms with Crippen molar-refractivity contribution in [3.63, 3.8) is 0 Å². The van der Waals surface area contributed by atoms with E-state index >= 15 is 0 Å². The molecule has 0 saturated heterocycles. The van der Waals surface area contributed by atoms with E-state index in [9.17, 15) is 0 Å². The monoisotopic (exact) mass is 276 g/mol.